The number of benzene rings is 2. The van der Waals surface area contributed by atoms with Gasteiger partial charge < -0.3 is 29.7 Å². The van der Waals surface area contributed by atoms with E-state index in [4.69, 9.17) is 14.2 Å². The molecule has 2 aromatic carbocycles. The zero-order valence-electron chi connectivity index (χ0n) is 19.4. The lowest BCUT2D eigenvalue weighted by Crippen LogP contribution is -2.37. The van der Waals surface area contributed by atoms with E-state index in [1.165, 1.54) is 11.1 Å². The Morgan fingerprint density at radius 1 is 0.935 bits per heavy atom. The number of nitrogens with zero attached hydrogens (tertiary/aromatic N) is 2. The summed E-state index contributed by atoms with van der Waals surface area (Å²) in [6.45, 7) is 3.21. The molecule has 0 radical (unpaired) electrons. The van der Waals surface area contributed by atoms with Crippen LogP contribution in [0.5, 0.6) is 17.2 Å². The van der Waals surface area contributed by atoms with Crippen LogP contribution in [0.1, 0.15) is 17.5 Å². The predicted octanol–water partition coefficient (Wildman–Crippen LogP) is 2.94. The maximum atomic E-state index is 5.78. The molecule has 0 atom stereocenters. The van der Waals surface area contributed by atoms with Crippen LogP contribution < -0.4 is 24.8 Å². The normalized spacial score (nSPS) is 11.4. The Morgan fingerprint density at radius 2 is 1.65 bits per heavy atom. The molecule has 0 fully saturated rings. The van der Waals surface area contributed by atoms with Crippen LogP contribution in [0.25, 0.3) is 0 Å². The van der Waals surface area contributed by atoms with E-state index in [0.29, 0.717) is 6.54 Å². The van der Waals surface area contributed by atoms with Crippen LogP contribution in [0.2, 0.25) is 0 Å². The first-order valence-electron chi connectivity index (χ1n) is 10.6. The number of methoxy groups -OCH3 is 2. The van der Waals surface area contributed by atoms with Crippen molar-refractivity contribution in [2.45, 2.75) is 19.4 Å². The summed E-state index contributed by atoms with van der Waals surface area (Å²) in [4.78, 5) is 6.46. The molecule has 0 aliphatic heterocycles. The average Bonchev–Trinajstić information content (AvgIpc) is 2.79. The molecular weight excluding hydrogens is 392 g/mol. The molecule has 0 bridgehead atoms. The Hall–Kier alpha value is -2.93. The highest BCUT2D eigenvalue weighted by atomic mass is 16.5. The third kappa shape index (κ3) is 8.76. The Morgan fingerprint density at radius 3 is 2.29 bits per heavy atom. The van der Waals surface area contributed by atoms with E-state index < -0.39 is 0 Å². The largest absolute Gasteiger partial charge is 0.494 e. The molecule has 2 N–H and O–H groups in total. The van der Waals surface area contributed by atoms with E-state index in [-0.39, 0.29) is 0 Å². The van der Waals surface area contributed by atoms with Gasteiger partial charge in [0.15, 0.2) is 17.5 Å². The summed E-state index contributed by atoms with van der Waals surface area (Å²) in [6, 6.07) is 14.2. The molecule has 0 aromatic heterocycles. The van der Waals surface area contributed by atoms with Gasteiger partial charge in [0.1, 0.15) is 5.75 Å². The molecule has 0 spiro atoms. The highest BCUT2D eigenvalue weighted by Gasteiger charge is 2.05. The predicted molar refractivity (Wildman–Crippen MR) is 127 cm³/mol. The lowest BCUT2D eigenvalue weighted by atomic mass is 10.1. The van der Waals surface area contributed by atoms with Gasteiger partial charge in [0.25, 0.3) is 0 Å². The van der Waals surface area contributed by atoms with Crippen molar-refractivity contribution in [2.24, 2.45) is 4.99 Å². The second kappa shape index (κ2) is 13.4. The molecular formula is C24H36N4O3. The van der Waals surface area contributed by atoms with Crippen LogP contribution in [0, 0.1) is 0 Å². The number of guanidine groups is 1. The smallest absolute Gasteiger partial charge is 0.191 e. The number of rotatable bonds is 12. The van der Waals surface area contributed by atoms with Crippen LogP contribution in [0.3, 0.4) is 0 Å². The Bertz CT molecular complexity index is 807. The van der Waals surface area contributed by atoms with Gasteiger partial charge in [0.2, 0.25) is 0 Å². The third-order valence-corrected chi connectivity index (χ3v) is 4.78. The summed E-state index contributed by atoms with van der Waals surface area (Å²) >= 11 is 0. The van der Waals surface area contributed by atoms with Crippen LogP contribution in [-0.4, -0.2) is 65.9 Å². The maximum Gasteiger partial charge on any atom is 0.191 e. The van der Waals surface area contributed by atoms with Crippen molar-refractivity contribution in [1.82, 2.24) is 15.5 Å². The SMILES string of the molecule is CN=C(NCCc1ccc(OC)c(OC)c1)NCc1ccc(OCCCN(C)C)cc1. The first kappa shape index (κ1) is 24.3. The van der Waals surface area contributed by atoms with E-state index in [0.717, 1.165) is 55.7 Å². The maximum absolute atomic E-state index is 5.78. The second-order valence-corrected chi connectivity index (χ2v) is 7.44. The number of nitrogens with one attached hydrogen (secondary N) is 2. The van der Waals surface area contributed by atoms with Crippen molar-refractivity contribution >= 4 is 5.96 Å². The van der Waals surface area contributed by atoms with Gasteiger partial charge in [-0.3, -0.25) is 4.99 Å². The third-order valence-electron chi connectivity index (χ3n) is 4.78. The van der Waals surface area contributed by atoms with E-state index in [9.17, 15) is 0 Å². The number of hydrogen-bond donors (Lipinski definition) is 2. The summed E-state index contributed by atoms with van der Waals surface area (Å²) in [6.07, 6.45) is 1.86. The first-order chi connectivity index (χ1) is 15.0. The Balaban J connectivity index is 1.73. The van der Waals surface area contributed by atoms with Crippen LogP contribution in [0.15, 0.2) is 47.5 Å². The fourth-order valence-electron chi connectivity index (χ4n) is 3.04. The van der Waals surface area contributed by atoms with Crippen molar-refractivity contribution in [3.8, 4) is 17.2 Å². The molecule has 7 heteroatoms. The minimum absolute atomic E-state index is 0.691. The fraction of sp³-hybridized carbons (Fsp3) is 0.458. The van der Waals surface area contributed by atoms with Crippen LogP contribution in [0.4, 0.5) is 0 Å². The van der Waals surface area contributed by atoms with Crippen molar-refractivity contribution < 1.29 is 14.2 Å². The van der Waals surface area contributed by atoms with Crippen molar-refractivity contribution in [3.05, 3.63) is 53.6 Å². The molecule has 0 saturated carbocycles. The highest BCUT2D eigenvalue weighted by Crippen LogP contribution is 2.27. The Labute approximate surface area is 186 Å². The summed E-state index contributed by atoms with van der Waals surface area (Å²) in [5, 5.41) is 6.69. The molecule has 7 nitrogen and oxygen atoms in total. The number of hydrogen-bond acceptors (Lipinski definition) is 5. The lowest BCUT2D eigenvalue weighted by Gasteiger charge is -2.13. The Kier molecular flexibility index (Phi) is 10.5. The van der Waals surface area contributed by atoms with Gasteiger partial charge >= 0.3 is 0 Å². The van der Waals surface area contributed by atoms with Crippen LogP contribution in [-0.2, 0) is 13.0 Å². The standard InChI is InChI=1S/C24H36N4O3/c1-25-24(26-14-13-19-9-12-22(29-4)23(17-19)30-5)27-18-20-7-10-21(11-8-20)31-16-6-15-28(2)3/h7-12,17H,6,13-16,18H2,1-5H3,(H2,25,26,27). The monoisotopic (exact) mass is 428 g/mol. The van der Waals surface area contributed by atoms with Gasteiger partial charge in [-0.05, 0) is 62.3 Å². The van der Waals surface area contributed by atoms with E-state index in [1.807, 2.05) is 30.3 Å². The van der Waals surface area contributed by atoms with Gasteiger partial charge in [-0.25, -0.2) is 0 Å². The molecule has 0 saturated heterocycles. The van der Waals surface area contributed by atoms with Crippen molar-refractivity contribution in [1.29, 1.82) is 0 Å². The molecule has 2 aromatic rings. The molecule has 0 aliphatic rings. The molecule has 2 rings (SSSR count). The van der Waals surface area contributed by atoms with Gasteiger partial charge in [-0.1, -0.05) is 18.2 Å². The lowest BCUT2D eigenvalue weighted by molar-refractivity contribution is 0.281. The van der Waals surface area contributed by atoms with Gasteiger partial charge in [-0.15, -0.1) is 0 Å². The molecule has 0 unspecified atom stereocenters. The van der Waals surface area contributed by atoms with Gasteiger partial charge in [0, 0.05) is 26.7 Å². The van der Waals surface area contributed by atoms with Crippen molar-refractivity contribution in [3.63, 3.8) is 0 Å². The molecule has 0 heterocycles. The van der Waals surface area contributed by atoms with E-state index in [1.54, 1.807) is 21.3 Å². The highest BCUT2D eigenvalue weighted by molar-refractivity contribution is 5.79. The number of aliphatic imine (C=N–C) groups is 1. The van der Waals surface area contributed by atoms with Crippen LogP contribution >= 0.6 is 0 Å². The minimum atomic E-state index is 0.691. The van der Waals surface area contributed by atoms with Crippen molar-refractivity contribution in [2.75, 3.05) is 55.1 Å². The van der Waals surface area contributed by atoms with Gasteiger partial charge in [-0.2, -0.15) is 0 Å². The summed E-state index contributed by atoms with van der Waals surface area (Å²) in [7, 11) is 9.20. The zero-order chi connectivity index (χ0) is 22.5. The average molecular weight is 429 g/mol. The fourth-order valence-corrected chi connectivity index (χ4v) is 3.04. The van der Waals surface area contributed by atoms with Gasteiger partial charge in [0.05, 0.1) is 20.8 Å². The summed E-state index contributed by atoms with van der Waals surface area (Å²) in [5.74, 6) is 3.15. The summed E-state index contributed by atoms with van der Waals surface area (Å²) in [5.41, 5.74) is 2.34. The number of ether oxygens (including phenoxy) is 3. The quantitative estimate of drug-likeness (QED) is 0.308. The molecule has 0 amide bonds. The first-order valence-corrected chi connectivity index (χ1v) is 10.6. The topological polar surface area (TPSA) is 67.4 Å². The van der Waals surface area contributed by atoms with E-state index >= 15 is 0 Å². The van der Waals surface area contributed by atoms with E-state index in [2.05, 4.69) is 46.8 Å². The second-order valence-electron chi connectivity index (χ2n) is 7.44. The minimum Gasteiger partial charge on any atom is -0.494 e. The molecule has 170 valence electrons. The molecule has 0 aliphatic carbocycles. The zero-order valence-corrected chi connectivity index (χ0v) is 19.4. The molecule has 31 heavy (non-hydrogen) atoms. The summed E-state index contributed by atoms with van der Waals surface area (Å²) < 4.78 is 16.4.